The van der Waals surface area contributed by atoms with E-state index in [1.165, 1.54) is 13.2 Å². The van der Waals surface area contributed by atoms with Gasteiger partial charge in [0.05, 0.1) is 24.8 Å². The summed E-state index contributed by atoms with van der Waals surface area (Å²) in [4.78, 5) is 29.4. The van der Waals surface area contributed by atoms with Crippen molar-refractivity contribution in [1.29, 1.82) is 0 Å². The van der Waals surface area contributed by atoms with Crippen LogP contribution in [0.2, 0.25) is 10.0 Å². The molecule has 2 N–H and O–H groups in total. The predicted molar refractivity (Wildman–Crippen MR) is 140 cm³/mol. The molecule has 14 heteroatoms. The molecule has 2 aromatic heterocycles. The number of amides is 3. The lowest BCUT2D eigenvalue weighted by Gasteiger charge is -2.24. The highest BCUT2D eigenvalue weighted by atomic mass is 35.5. The van der Waals surface area contributed by atoms with E-state index in [1.54, 1.807) is 45.0 Å². The van der Waals surface area contributed by atoms with Crippen LogP contribution in [-0.2, 0) is 0 Å². The molecule has 39 heavy (non-hydrogen) atoms. The number of hydrogen-bond acceptors (Lipinski definition) is 8. The zero-order chi connectivity index (χ0) is 28.3. The van der Waals surface area contributed by atoms with E-state index in [4.69, 9.17) is 37.0 Å². The molecule has 0 saturated heterocycles. The lowest BCUT2D eigenvalue weighted by Crippen LogP contribution is -2.50. The SMILES string of the molecule is CCN(NC(=O)c1cc(OC)no1)C(=O)NC(C)c1ccc(-c2cc(Cl)cc(F)c2-c2noc(C)n2)cc1Cl. The van der Waals surface area contributed by atoms with Crippen LogP contribution >= 0.6 is 23.2 Å². The summed E-state index contributed by atoms with van der Waals surface area (Å²) < 4.78 is 29.7. The van der Waals surface area contributed by atoms with Gasteiger partial charge in [-0.15, -0.1) is 0 Å². The normalized spacial score (nSPS) is 11.7. The number of hydrogen-bond donors (Lipinski definition) is 2. The summed E-state index contributed by atoms with van der Waals surface area (Å²) >= 11 is 12.7. The number of rotatable bonds is 7. The third-order valence-corrected chi connectivity index (χ3v) is 6.19. The molecule has 0 aliphatic carbocycles. The Morgan fingerprint density at radius 3 is 2.54 bits per heavy atom. The van der Waals surface area contributed by atoms with Gasteiger partial charge in [-0.3, -0.25) is 10.2 Å². The number of nitrogens with one attached hydrogen (secondary N) is 2. The van der Waals surface area contributed by atoms with E-state index in [-0.39, 0.29) is 40.5 Å². The van der Waals surface area contributed by atoms with Crippen molar-refractivity contribution in [2.75, 3.05) is 13.7 Å². The minimum atomic E-state index is -0.681. The smallest absolute Gasteiger partial charge is 0.336 e. The molecule has 2 aromatic carbocycles. The highest BCUT2D eigenvalue weighted by Gasteiger charge is 2.23. The molecule has 0 aliphatic heterocycles. The lowest BCUT2D eigenvalue weighted by atomic mass is 9.96. The van der Waals surface area contributed by atoms with Gasteiger partial charge in [0.1, 0.15) is 5.82 Å². The van der Waals surface area contributed by atoms with E-state index >= 15 is 0 Å². The fourth-order valence-corrected chi connectivity index (χ4v) is 4.28. The molecular weight excluding hydrogens is 554 g/mol. The Labute approximate surface area is 232 Å². The van der Waals surface area contributed by atoms with Gasteiger partial charge in [0, 0.05) is 23.5 Å². The molecule has 0 radical (unpaired) electrons. The van der Waals surface area contributed by atoms with Gasteiger partial charge >= 0.3 is 11.9 Å². The number of hydrazine groups is 1. The number of nitrogens with zero attached hydrogens (tertiary/aromatic N) is 4. The maximum absolute atomic E-state index is 14.9. The standard InChI is InChI=1S/C25H23Cl2FN6O5/c1-5-34(31-24(35)20-11-21(37-4)32-39-20)25(36)29-12(2)16-7-6-14(8-18(16)27)17-9-15(26)10-19(28)22(17)23-30-13(3)38-33-23/h6-12H,5H2,1-4H3,(H,29,36)(H,31,35). The Morgan fingerprint density at radius 2 is 1.92 bits per heavy atom. The van der Waals surface area contributed by atoms with Crippen molar-refractivity contribution in [2.45, 2.75) is 26.8 Å². The van der Waals surface area contributed by atoms with Crippen molar-refractivity contribution in [3.05, 3.63) is 69.5 Å². The van der Waals surface area contributed by atoms with Crippen molar-refractivity contribution in [2.24, 2.45) is 0 Å². The molecule has 0 fully saturated rings. The molecule has 0 bridgehead atoms. The van der Waals surface area contributed by atoms with Crippen LogP contribution in [0.3, 0.4) is 0 Å². The number of aryl methyl sites for hydroxylation is 1. The molecule has 1 atom stereocenters. The molecule has 0 spiro atoms. The average molecular weight is 577 g/mol. The number of ether oxygens (including phenoxy) is 1. The third kappa shape index (κ3) is 6.13. The predicted octanol–water partition coefficient (Wildman–Crippen LogP) is 5.59. The maximum Gasteiger partial charge on any atom is 0.336 e. The van der Waals surface area contributed by atoms with Crippen LogP contribution in [-0.4, -0.2) is 45.9 Å². The first kappa shape index (κ1) is 27.9. The van der Waals surface area contributed by atoms with Crippen molar-refractivity contribution in [3.8, 4) is 28.4 Å². The van der Waals surface area contributed by atoms with E-state index in [1.807, 2.05) is 0 Å². The highest BCUT2D eigenvalue weighted by molar-refractivity contribution is 6.32. The fourth-order valence-electron chi connectivity index (χ4n) is 3.73. The molecule has 2 heterocycles. The Morgan fingerprint density at radius 1 is 1.15 bits per heavy atom. The van der Waals surface area contributed by atoms with E-state index in [0.29, 0.717) is 21.7 Å². The van der Waals surface area contributed by atoms with Gasteiger partial charge in [-0.2, -0.15) is 4.98 Å². The quantitative estimate of drug-likeness (QED) is 0.272. The van der Waals surface area contributed by atoms with Crippen molar-refractivity contribution < 1.29 is 27.8 Å². The van der Waals surface area contributed by atoms with E-state index < -0.39 is 23.8 Å². The van der Waals surface area contributed by atoms with Crippen LogP contribution in [0.25, 0.3) is 22.5 Å². The number of carbonyl (C=O) groups excluding carboxylic acids is 2. The first-order chi connectivity index (χ1) is 18.6. The molecule has 3 amide bonds. The van der Waals surface area contributed by atoms with Gasteiger partial charge in [-0.1, -0.05) is 40.5 Å². The summed E-state index contributed by atoms with van der Waals surface area (Å²) in [5.41, 5.74) is 4.10. The van der Waals surface area contributed by atoms with Crippen molar-refractivity contribution in [3.63, 3.8) is 0 Å². The highest BCUT2D eigenvalue weighted by Crippen LogP contribution is 2.37. The summed E-state index contributed by atoms with van der Waals surface area (Å²) in [6.07, 6.45) is 0. The zero-order valence-electron chi connectivity index (χ0n) is 21.2. The molecule has 0 aliphatic rings. The average Bonchev–Trinajstić information content (AvgIpc) is 3.55. The van der Waals surface area contributed by atoms with Crippen molar-refractivity contribution in [1.82, 2.24) is 31.0 Å². The Kier molecular flexibility index (Phi) is 8.36. The molecule has 4 rings (SSSR count). The third-order valence-electron chi connectivity index (χ3n) is 5.64. The Balaban J connectivity index is 1.53. The molecule has 204 valence electrons. The van der Waals surface area contributed by atoms with Crippen molar-refractivity contribution >= 4 is 35.1 Å². The number of carbonyl (C=O) groups is 2. The van der Waals surface area contributed by atoms with Crippen LogP contribution < -0.4 is 15.5 Å². The van der Waals surface area contributed by atoms with Crippen LogP contribution in [0.4, 0.5) is 9.18 Å². The van der Waals surface area contributed by atoms with Gasteiger partial charge in [0.2, 0.25) is 17.5 Å². The van der Waals surface area contributed by atoms with E-state index in [0.717, 1.165) is 11.1 Å². The second-order valence-corrected chi connectivity index (χ2v) is 9.12. The summed E-state index contributed by atoms with van der Waals surface area (Å²) in [7, 11) is 1.38. The fraction of sp³-hybridized carbons (Fsp3) is 0.240. The second kappa shape index (κ2) is 11.7. The molecule has 11 nitrogen and oxygen atoms in total. The van der Waals surface area contributed by atoms with Gasteiger partial charge in [0.15, 0.2) is 0 Å². The lowest BCUT2D eigenvalue weighted by molar-refractivity contribution is 0.0792. The monoisotopic (exact) mass is 576 g/mol. The van der Waals surface area contributed by atoms with Gasteiger partial charge < -0.3 is 19.1 Å². The van der Waals surface area contributed by atoms with Gasteiger partial charge in [-0.25, -0.2) is 14.2 Å². The summed E-state index contributed by atoms with van der Waals surface area (Å²) in [5, 5.41) is 11.7. The molecule has 4 aromatic rings. The number of methoxy groups -OCH3 is 1. The number of urea groups is 1. The maximum atomic E-state index is 14.9. The molecule has 0 saturated carbocycles. The topological polar surface area (TPSA) is 136 Å². The summed E-state index contributed by atoms with van der Waals surface area (Å²) in [6.45, 7) is 5.16. The Hall–Kier alpha value is -4.16. The summed E-state index contributed by atoms with van der Waals surface area (Å²) in [5.74, 6) is -0.954. The van der Waals surface area contributed by atoms with Gasteiger partial charge in [-0.05, 0) is 53.9 Å². The second-order valence-electron chi connectivity index (χ2n) is 8.27. The van der Waals surface area contributed by atoms with Gasteiger partial charge in [0.25, 0.3) is 5.88 Å². The van der Waals surface area contributed by atoms with Crippen LogP contribution in [0.15, 0.2) is 45.4 Å². The number of aromatic nitrogens is 3. The number of benzene rings is 2. The Bertz CT molecular complexity index is 1520. The first-order valence-corrected chi connectivity index (χ1v) is 12.4. The zero-order valence-corrected chi connectivity index (χ0v) is 22.7. The van der Waals surface area contributed by atoms with E-state index in [9.17, 15) is 14.0 Å². The van der Waals surface area contributed by atoms with Crippen LogP contribution in [0.5, 0.6) is 5.88 Å². The minimum Gasteiger partial charge on any atom is -0.479 e. The minimum absolute atomic E-state index is 0.0722. The largest absolute Gasteiger partial charge is 0.479 e. The molecule has 1 unspecified atom stereocenters. The first-order valence-electron chi connectivity index (χ1n) is 11.6. The van der Waals surface area contributed by atoms with Crippen LogP contribution in [0.1, 0.15) is 41.9 Å². The van der Waals surface area contributed by atoms with E-state index in [2.05, 4.69) is 26.0 Å². The molecular formula is C25H23Cl2FN6O5. The van der Waals surface area contributed by atoms with Crippen LogP contribution in [0, 0.1) is 12.7 Å². The number of halogens is 3. The summed E-state index contributed by atoms with van der Waals surface area (Å²) in [6, 6.07) is 7.91.